The lowest BCUT2D eigenvalue weighted by atomic mass is 9.64. The fraction of sp³-hybridized carbons (Fsp3) is 0.361. The number of thiazole rings is 2. The van der Waals surface area contributed by atoms with Crippen LogP contribution >= 0.6 is 22.7 Å². The summed E-state index contributed by atoms with van der Waals surface area (Å²) in [5.41, 5.74) is -3.20. The van der Waals surface area contributed by atoms with Crippen molar-refractivity contribution in [2.45, 2.75) is 114 Å². The molecule has 0 spiro atoms. The zero-order valence-corrected chi connectivity index (χ0v) is 50.8. The summed E-state index contributed by atoms with van der Waals surface area (Å²) in [6, 6.07) is 38.7. The van der Waals surface area contributed by atoms with Gasteiger partial charge in [0.1, 0.15) is 26.4 Å². The lowest BCUT2D eigenvalue weighted by molar-refractivity contribution is -0.166. The van der Waals surface area contributed by atoms with Crippen LogP contribution in [0.5, 0.6) is 0 Å². The van der Waals surface area contributed by atoms with Crippen LogP contribution in [-0.2, 0) is 94.6 Å². The number of benzene rings is 5. The Balaban J connectivity index is 0.929. The van der Waals surface area contributed by atoms with Gasteiger partial charge in [0.15, 0.2) is 34.6 Å². The standard InChI is InChI=1S/C72H62N4O12S2/c77-57-47-29-43-25-13-14-26-44(43)30-48(47)58(78)55(57)73-69-75-63-61(89-69)51-34-54-52(33-53(51)71(63,65(81)85-35-39-17-5-1-6-18-39)66(82)86-36-40-19-7-2-8-20-40)62-64(76-70(90-62)74-56-59(79)49-31-45-27-15-16-28-46(45)32-50(49)60(56)80)72(54,67(83)87-37-41-21-9-3-10-22-41)68(84)88-38-42-23-11-4-12-24-42/h1-12,17-24,33-34,43-50H,13-16,25-32,35-38H2. The fourth-order valence-electron chi connectivity index (χ4n) is 16.0. The quantitative estimate of drug-likeness (QED) is 0.0561. The Morgan fingerprint density at radius 1 is 0.411 bits per heavy atom. The second-order valence-corrected chi connectivity index (χ2v) is 27.3. The zero-order valence-electron chi connectivity index (χ0n) is 49.1. The Hall–Kier alpha value is -8.74. The predicted octanol–water partition coefficient (Wildman–Crippen LogP) is 12.2. The molecule has 8 atom stereocenters. The fourth-order valence-corrected chi connectivity index (χ4v) is 18.1. The van der Waals surface area contributed by atoms with Gasteiger partial charge in [-0.25, -0.2) is 20.0 Å². The minimum Gasteiger partial charge on any atom is -0.459 e. The maximum atomic E-state index is 15.9. The first-order valence-electron chi connectivity index (χ1n) is 31.3. The van der Waals surface area contributed by atoms with Crippen LogP contribution in [0.25, 0.3) is 20.9 Å². The molecule has 16 nitrogen and oxygen atoms in total. The average molecular weight is 1240 g/mol. The molecule has 90 heavy (non-hydrogen) atoms. The number of hydrogen-bond donors (Lipinski definition) is 0. The Morgan fingerprint density at radius 2 is 0.678 bits per heavy atom. The number of carbonyl (C=O) groups is 8. The molecule has 0 radical (unpaired) electrons. The third kappa shape index (κ3) is 9.57. The number of rotatable bonds is 14. The van der Waals surface area contributed by atoms with Gasteiger partial charge in [0.05, 0.1) is 21.1 Å². The number of nitrogens with zero attached hydrogens (tertiary/aromatic N) is 4. The summed E-state index contributed by atoms with van der Waals surface area (Å²) in [5.74, 6) is -6.45. The summed E-state index contributed by atoms with van der Waals surface area (Å²) in [5, 5.41) is -0.185. The van der Waals surface area contributed by atoms with Gasteiger partial charge in [-0.15, -0.1) is 0 Å². The molecule has 15 rings (SSSR count). The first kappa shape index (κ1) is 57.7. The second kappa shape index (κ2) is 23.3. The van der Waals surface area contributed by atoms with Crippen LogP contribution in [0.4, 0.5) is 10.3 Å². The number of hydrogen-bond acceptors (Lipinski definition) is 18. The molecule has 8 aliphatic rings. The van der Waals surface area contributed by atoms with Crippen LogP contribution < -0.4 is 0 Å². The van der Waals surface area contributed by atoms with Gasteiger partial charge in [0, 0.05) is 23.7 Å². The first-order chi connectivity index (χ1) is 43.9. The topological polar surface area (TPSA) is 224 Å². The Morgan fingerprint density at radius 3 is 0.944 bits per heavy atom. The summed E-state index contributed by atoms with van der Waals surface area (Å²) < 4.78 is 25.0. The van der Waals surface area contributed by atoms with Crippen LogP contribution in [0.2, 0.25) is 0 Å². The molecular weight excluding hydrogens is 1180 g/mol. The van der Waals surface area contributed by atoms with Gasteiger partial charge >= 0.3 is 23.9 Å². The van der Waals surface area contributed by atoms with E-state index in [0.29, 0.717) is 71.6 Å². The average Bonchev–Trinajstić information content (AvgIpc) is 1.51. The molecule has 7 aromatic rings. The number of fused-ring (bicyclic) bond motifs is 10. The second-order valence-electron chi connectivity index (χ2n) is 25.4. The van der Waals surface area contributed by atoms with E-state index in [9.17, 15) is 19.2 Å². The largest absolute Gasteiger partial charge is 0.459 e. The number of ether oxygens (including phenoxy) is 4. The van der Waals surface area contributed by atoms with Crippen molar-refractivity contribution in [2.24, 2.45) is 57.3 Å². The van der Waals surface area contributed by atoms with Crippen molar-refractivity contribution >= 4 is 91.4 Å². The van der Waals surface area contributed by atoms with E-state index in [1.165, 1.54) is 0 Å². The predicted molar refractivity (Wildman–Crippen MR) is 333 cm³/mol. The van der Waals surface area contributed by atoms with Gasteiger partial charge in [-0.05, 0) is 106 Å². The highest BCUT2D eigenvalue weighted by Crippen LogP contribution is 2.62. The van der Waals surface area contributed by atoms with E-state index in [-0.39, 0.29) is 115 Å². The number of ketones is 4. The van der Waals surface area contributed by atoms with Crippen LogP contribution in [0.3, 0.4) is 0 Å². The van der Waals surface area contributed by atoms with Crippen LogP contribution in [0.15, 0.2) is 143 Å². The van der Waals surface area contributed by atoms with E-state index in [1.54, 1.807) is 109 Å². The van der Waals surface area contributed by atoms with Crippen molar-refractivity contribution in [1.29, 1.82) is 0 Å². The molecular formula is C72H62N4O12S2. The zero-order chi connectivity index (χ0) is 61.4. The van der Waals surface area contributed by atoms with E-state index in [1.807, 2.05) is 24.3 Å². The highest BCUT2D eigenvalue weighted by molar-refractivity contribution is 7.19. The summed E-state index contributed by atoms with van der Waals surface area (Å²) in [4.78, 5) is 141. The van der Waals surface area contributed by atoms with E-state index in [0.717, 1.165) is 74.0 Å². The highest BCUT2D eigenvalue weighted by atomic mass is 32.1. The van der Waals surface area contributed by atoms with Gasteiger partial charge in [-0.3, -0.25) is 38.4 Å². The van der Waals surface area contributed by atoms with Crippen molar-refractivity contribution < 1.29 is 57.3 Å². The summed E-state index contributed by atoms with van der Waals surface area (Å²) >= 11 is 1.86. The Labute approximate surface area is 526 Å². The van der Waals surface area contributed by atoms with Crippen LogP contribution in [0.1, 0.15) is 122 Å². The van der Waals surface area contributed by atoms with Crippen molar-refractivity contribution in [3.05, 3.63) is 178 Å². The molecule has 5 aromatic carbocycles. The van der Waals surface area contributed by atoms with Gasteiger partial charge < -0.3 is 18.9 Å². The highest BCUT2D eigenvalue weighted by Gasteiger charge is 2.66. The van der Waals surface area contributed by atoms with Crippen molar-refractivity contribution in [2.75, 3.05) is 0 Å². The van der Waals surface area contributed by atoms with Crippen molar-refractivity contribution in [3.8, 4) is 20.9 Å². The minimum atomic E-state index is -2.57. The third-order valence-corrected chi connectivity index (χ3v) is 22.5. The molecule has 0 bridgehead atoms. The molecule has 8 aliphatic carbocycles. The van der Waals surface area contributed by atoms with E-state index in [4.69, 9.17) is 38.9 Å². The summed E-state index contributed by atoms with van der Waals surface area (Å²) in [6.07, 6.45) is 10.8. The summed E-state index contributed by atoms with van der Waals surface area (Å²) in [6.45, 7) is -1.16. The molecule has 18 heteroatoms. The molecule has 0 amide bonds. The minimum absolute atomic E-state index is 0.0111. The third-order valence-electron chi connectivity index (χ3n) is 20.5. The number of aliphatic imine (C=N–C) groups is 2. The summed E-state index contributed by atoms with van der Waals surface area (Å²) in [7, 11) is 0. The van der Waals surface area contributed by atoms with Crippen LogP contribution in [-0.4, -0.2) is 68.4 Å². The monoisotopic (exact) mass is 1240 g/mol. The van der Waals surface area contributed by atoms with Crippen LogP contribution in [0, 0.1) is 47.3 Å². The number of aromatic nitrogens is 2. The molecule has 0 N–H and O–H groups in total. The van der Waals surface area contributed by atoms with Crippen molar-refractivity contribution in [3.63, 3.8) is 0 Å². The van der Waals surface area contributed by atoms with Gasteiger partial charge in [-0.2, -0.15) is 0 Å². The van der Waals surface area contributed by atoms with E-state index >= 15 is 19.2 Å². The smallest absolute Gasteiger partial charge is 0.334 e. The molecule has 6 saturated carbocycles. The lowest BCUT2D eigenvalue weighted by Gasteiger charge is -2.39. The molecule has 0 saturated heterocycles. The number of esters is 4. The normalized spacial score (nSPS) is 24.5. The van der Waals surface area contributed by atoms with E-state index in [2.05, 4.69) is 0 Å². The lowest BCUT2D eigenvalue weighted by Crippen LogP contribution is -2.47. The Bertz CT molecular complexity index is 3730. The van der Waals surface area contributed by atoms with Gasteiger partial charge in [0.25, 0.3) is 0 Å². The molecule has 454 valence electrons. The molecule has 8 unspecified atom stereocenters. The van der Waals surface area contributed by atoms with Gasteiger partial charge in [-0.1, -0.05) is 195 Å². The molecule has 2 aromatic heterocycles. The van der Waals surface area contributed by atoms with Crippen molar-refractivity contribution in [1.82, 2.24) is 9.97 Å². The maximum Gasteiger partial charge on any atom is 0.334 e. The maximum absolute atomic E-state index is 15.9. The van der Waals surface area contributed by atoms with Gasteiger partial charge in [0.2, 0.25) is 21.1 Å². The van der Waals surface area contributed by atoms with E-state index < -0.39 is 58.4 Å². The molecule has 2 heterocycles. The number of Topliss-reactive ketones (excluding diaryl/α,β-unsaturated/α-hetero) is 4. The SMILES string of the molecule is O=C1C(=Nc2nc3c(s2)-c2cc4c(cc2C3(C(=O)OCc2ccccc2)C(=O)OCc2ccccc2)-c2sc(N=C3C(=O)C5CC6CCCCC6CC5C3=O)nc2C4(C(=O)OCc2ccccc2)C(=O)OCc2ccccc2)C(=O)C2CC3CCCCC3CC12. The first-order valence-corrected chi connectivity index (χ1v) is 32.9. The molecule has 6 fully saturated rings. The molecule has 0 aliphatic heterocycles. The number of carbonyl (C=O) groups excluding carboxylic acids is 8. The Kier molecular flexibility index (Phi) is 14.9.